The first-order valence-corrected chi connectivity index (χ1v) is 15.8. The van der Waals surface area contributed by atoms with E-state index >= 15 is 0 Å². The highest BCUT2D eigenvalue weighted by molar-refractivity contribution is 5.92. The minimum Gasteiger partial charge on any atom is -0.461 e. The van der Waals surface area contributed by atoms with E-state index in [0.717, 1.165) is 49.7 Å². The third-order valence-electron chi connectivity index (χ3n) is 8.03. The first-order chi connectivity index (χ1) is 21.4. The van der Waals surface area contributed by atoms with Crippen LogP contribution in [0.3, 0.4) is 0 Å². The fourth-order valence-electron chi connectivity index (χ4n) is 5.48. The van der Waals surface area contributed by atoms with E-state index in [4.69, 9.17) is 9.47 Å². The van der Waals surface area contributed by atoms with Crippen LogP contribution in [0.25, 0.3) is 0 Å². The van der Waals surface area contributed by atoms with Crippen molar-refractivity contribution in [2.45, 2.75) is 89.9 Å². The Hall–Kier alpha value is -3.79. The van der Waals surface area contributed by atoms with Crippen molar-refractivity contribution in [2.24, 2.45) is 5.92 Å². The van der Waals surface area contributed by atoms with Gasteiger partial charge in [0.1, 0.15) is 12.6 Å². The van der Waals surface area contributed by atoms with Crippen LogP contribution in [0.15, 0.2) is 54.9 Å². The topological polar surface area (TPSA) is 127 Å². The van der Waals surface area contributed by atoms with E-state index in [-0.39, 0.29) is 25.5 Å². The van der Waals surface area contributed by atoms with Gasteiger partial charge in [-0.2, -0.15) is 0 Å². The van der Waals surface area contributed by atoms with Gasteiger partial charge in [0.05, 0.1) is 19.1 Å². The highest BCUT2D eigenvalue weighted by Crippen LogP contribution is 2.27. The van der Waals surface area contributed by atoms with Gasteiger partial charge in [-0.25, -0.2) is 0 Å². The van der Waals surface area contributed by atoms with Gasteiger partial charge in [0.15, 0.2) is 0 Å². The van der Waals surface area contributed by atoms with Crippen molar-refractivity contribution in [3.05, 3.63) is 66.0 Å². The maximum atomic E-state index is 13.2. The summed E-state index contributed by atoms with van der Waals surface area (Å²) in [7, 11) is 1.74. The number of methoxy groups -OCH3 is 1. The molecule has 0 bridgehead atoms. The molecule has 2 N–H and O–H groups in total. The van der Waals surface area contributed by atoms with Crippen molar-refractivity contribution in [2.75, 3.05) is 26.7 Å². The Morgan fingerprint density at radius 1 is 1.00 bits per heavy atom. The van der Waals surface area contributed by atoms with Gasteiger partial charge in [0.25, 0.3) is 0 Å². The summed E-state index contributed by atoms with van der Waals surface area (Å²) in [6, 6.07) is 12.0. The van der Waals surface area contributed by atoms with Gasteiger partial charge in [-0.05, 0) is 80.5 Å². The quantitative estimate of drug-likeness (QED) is 0.245. The van der Waals surface area contributed by atoms with E-state index in [1.54, 1.807) is 19.5 Å². The molecular formula is C34H48N4O6. The summed E-state index contributed by atoms with van der Waals surface area (Å²) < 4.78 is 10.8. The Kier molecular flexibility index (Phi) is 15.4. The Morgan fingerprint density at radius 3 is 2.41 bits per heavy atom. The second-order valence-electron chi connectivity index (χ2n) is 11.5. The van der Waals surface area contributed by atoms with Crippen LogP contribution in [0.5, 0.6) is 0 Å². The number of aryl methyl sites for hydroxylation is 1. The molecule has 2 aromatic rings. The molecule has 1 atom stereocenters. The molecule has 10 heteroatoms. The molecule has 240 valence electrons. The molecule has 0 radical (unpaired) electrons. The number of ether oxygens (including phenoxy) is 2. The third-order valence-corrected chi connectivity index (χ3v) is 8.03. The minimum absolute atomic E-state index is 0.0738. The molecule has 44 heavy (non-hydrogen) atoms. The molecule has 1 aromatic heterocycles. The number of amides is 3. The zero-order valence-electron chi connectivity index (χ0n) is 26.2. The molecule has 0 aliphatic heterocycles. The first-order valence-electron chi connectivity index (χ1n) is 15.8. The summed E-state index contributed by atoms with van der Waals surface area (Å²) in [4.78, 5) is 57.6. The number of nitrogens with zero attached hydrogens (tertiary/aromatic N) is 2. The number of benzene rings is 1. The molecule has 0 saturated heterocycles. The van der Waals surface area contributed by atoms with Crippen LogP contribution in [0.4, 0.5) is 0 Å². The summed E-state index contributed by atoms with van der Waals surface area (Å²) in [6.07, 6.45) is 10.8. The third kappa shape index (κ3) is 12.8. The largest absolute Gasteiger partial charge is 0.461 e. The standard InChI is InChI=1S/C34H48N4O6/c1-3-22-38(32(40)11-7-10-26-16-19-35-20-17-26)24-31(39)37-30(23-33(41)44-25-28-8-5-4-6-9-28)34(42)36-21-18-27-12-14-29(43-2)15-13-27/h4-6,8-9,16-17,19-20,27,29-30H,3,7,10-15,18,21-25H2,1-2H3,(H,36,42)(H,37,39)/t27?,29?,30-/m0/s1. The highest BCUT2D eigenvalue weighted by Gasteiger charge is 2.27. The van der Waals surface area contributed by atoms with Crippen LogP contribution in [-0.2, 0) is 41.7 Å². The van der Waals surface area contributed by atoms with E-state index in [0.29, 0.717) is 44.4 Å². The Bertz CT molecular complexity index is 1150. The van der Waals surface area contributed by atoms with Crippen molar-refractivity contribution >= 4 is 23.7 Å². The van der Waals surface area contributed by atoms with Crippen molar-refractivity contribution in [1.29, 1.82) is 0 Å². The van der Waals surface area contributed by atoms with Gasteiger partial charge >= 0.3 is 5.97 Å². The average Bonchev–Trinajstić information content (AvgIpc) is 3.04. The number of aromatic nitrogens is 1. The zero-order chi connectivity index (χ0) is 31.6. The van der Waals surface area contributed by atoms with Gasteiger partial charge in [-0.15, -0.1) is 0 Å². The van der Waals surface area contributed by atoms with Crippen LogP contribution >= 0.6 is 0 Å². The van der Waals surface area contributed by atoms with E-state index in [1.807, 2.05) is 49.4 Å². The van der Waals surface area contributed by atoms with Crippen molar-refractivity contribution in [1.82, 2.24) is 20.5 Å². The number of hydrogen-bond donors (Lipinski definition) is 2. The average molecular weight is 609 g/mol. The fourth-order valence-corrected chi connectivity index (χ4v) is 5.48. The zero-order valence-corrected chi connectivity index (χ0v) is 26.2. The van der Waals surface area contributed by atoms with E-state index < -0.39 is 23.8 Å². The SMILES string of the molecule is CCCN(CC(=O)N[C@@H](CC(=O)OCc1ccccc1)C(=O)NCCC1CCC(OC)CC1)C(=O)CCCc1ccncc1. The number of rotatable bonds is 18. The van der Waals surface area contributed by atoms with Crippen LogP contribution in [0.1, 0.15) is 75.8 Å². The molecule has 1 heterocycles. The summed E-state index contributed by atoms with van der Waals surface area (Å²) in [5.74, 6) is -1.15. The summed E-state index contributed by atoms with van der Waals surface area (Å²) in [5, 5.41) is 5.61. The van der Waals surface area contributed by atoms with E-state index in [9.17, 15) is 19.2 Å². The maximum absolute atomic E-state index is 13.2. The molecule has 0 spiro atoms. The van der Waals surface area contributed by atoms with Gasteiger partial charge in [-0.3, -0.25) is 24.2 Å². The molecule has 0 unspecified atom stereocenters. The summed E-state index contributed by atoms with van der Waals surface area (Å²) in [5.41, 5.74) is 1.93. The number of carbonyl (C=O) groups is 4. The Balaban J connectivity index is 1.54. The summed E-state index contributed by atoms with van der Waals surface area (Å²) in [6.45, 7) is 2.70. The smallest absolute Gasteiger partial charge is 0.308 e. The number of hydrogen-bond acceptors (Lipinski definition) is 7. The molecule has 1 aliphatic carbocycles. The van der Waals surface area contributed by atoms with E-state index in [2.05, 4.69) is 15.6 Å². The van der Waals surface area contributed by atoms with Gasteiger partial charge in [0, 0.05) is 39.0 Å². The van der Waals surface area contributed by atoms with Crippen molar-refractivity contribution in [3.8, 4) is 0 Å². The van der Waals surface area contributed by atoms with Gasteiger partial charge in [0.2, 0.25) is 17.7 Å². The first kappa shape index (κ1) is 34.7. The number of carbonyl (C=O) groups excluding carboxylic acids is 4. The molecule has 3 amide bonds. The number of nitrogens with one attached hydrogen (secondary N) is 2. The molecule has 10 nitrogen and oxygen atoms in total. The van der Waals surface area contributed by atoms with Crippen molar-refractivity contribution in [3.63, 3.8) is 0 Å². The molecular weight excluding hydrogens is 560 g/mol. The lowest BCUT2D eigenvalue weighted by molar-refractivity contribution is -0.147. The predicted molar refractivity (Wildman–Crippen MR) is 167 cm³/mol. The normalized spacial score (nSPS) is 16.9. The lowest BCUT2D eigenvalue weighted by Gasteiger charge is -2.28. The highest BCUT2D eigenvalue weighted by atomic mass is 16.5. The number of esters is 1. The molecule has 1 aliphatic rings. The maximum Gasteiger partial charge on any atom is 0.308 e. The lowest BCUT2D eigenvalue weighted by Crippen LogP contribution is -2.51. The Morgan fingerprint density at radius 2 is 1.73 bits per heavy atom. The second kappa shape index (κ2) is 19.5. The number of pyridine rings is 1. The van der Waals surface area contributed by atoms with Crippen molar-refractivity contribution < 1.29 is 28.7 Å². The van der Waals surface area contributed by atoms with Gasteiger partial charge in [-0.1, -0.05) is 37.3 Å². The lowest BCUT2D eigenvalue weighted by atomic mass is 9.85. The minimum atomic E-state index is -1.11. The molecule has 3 rings (SSSR count). The molecule has 1 saturated carbocycles. The van der Waals surface area contributed by atoms with Crippen LogP contribution in [-0.4, -0.2) is 72.5 Å². The Labute approximate surface area is 261 Å². The molecule has 1 fully saturated rings. The monoisotopic (exact) mass is 608 g/mol. The van der Waals surface area contributed by atoms with Crippen LogP contribution in [0, 0.1) is 5.92 Å². The second-order valence-corrected chi connectivity index (χ2v) is 11.5. The predicted octanol–water partition coefficient (Wildman–Crippen LogP) is 3.97. The summed E-state index contributed by atoms with van der Waals surface area (Å²) >= 11 is 0. The van der Waals surface area contributed by atoms with E-state index in [1.165, 1.54) is 4.90 Å². The fraction of sp³-hybridized carbons (Fsp3) is 0.559. The van der Waals surface area contributed by atoms with Crippen LogP contribution < -0.4 is 10.6 Å². The van der Waals surface area contributed by atoms with Gasteiger partial charge < -0.3 is 25.0 Å². The van der Waals surface area contributed by atoms with Crippen LogP contribution in [0.2, 0.25) is 0 Å². The molecule has 1 aromatic carbocycles.